The van der Waals surface area contributed by atoms with Crippen molar-refractivity contribution in [1.82, 2.24) is 29.0 Å². The zero-order chi connectivity index (χ0) is 32.3. The molecule has 0 bridgehead atoms. The summed E-state index contributed by atoms with van der Waals surface area (Å²) in [4.78, 5) is 15.6. The summed E-state index contributed by atoms with van der Waals surface area (Å²) in [5.74, 6) is 3.06. The van der Waals surface area contributed by atoms with Crippen LogP contribution in [0.1, 0.15) is 54.8 Å². The Hall–Kier alpha value is -4.22. The molecule has 1 atom stereocenters. The van der Waals surface area contributed by atoms with Crippen LogP contribution in [0.25, 0.3) is 22.3 Å². The van der Waals surface area contributed by atoms with Crippen molar-refractivity contribution in [3.05, 3.63) is 82.8 Å². The molecule has 5 aromatic rings. The molecule has 0 spiro atoms. The summed E-state index contributed by atoms with van der Waals surface area (Å²) in [6.45, 7) is 14.6. The number of hydrogen-bond acceptors (Lipinski definition) is 8. The van der Waals surface area contributed by atoms with Gasteiger partial charge in [0.1, 0.15) is 11.6 Å². The van der Waals surface area contributed by atoms with Gasteiger partial charge in [-0.1, -0.05) is 43.7 Å². The highest BCUT2D eigenvalue weighted by molar-refractivity contribution is 7.90. The van der Waals surface area contributed by atoms with E-state index in [1.165, 1.54) is 3.97 Å². The normalized spacial score (nSPS) is 17.2. The van der Waals surface area contributed by atoms with E-state index < -0.39 is 10.0 Å². The van der Waals surface area contributed by atoms with Crippen molar-refractivity contribution in [2.75, 3.05) is 36.0 Å². The number of nitrogens with zero attached hydrogens (tertiary/aromatic N) is 7. The molecule has 3 aromatic heterocycles. The maximum Gasteiger partial charge on any atom is 0.268 e. The van der Waals surface area contributed by atoms with Crippen LogP contribution < -0.4 is 15.1 Å². The smallest absolute Gasteiger partial charge is 0.268 e. The molecule has 1 N–H and O–H groups in total. The molecule has 0 aliphatic carbocycles. The second-order valence-electron chi connectivity index (χ2n) is 13.1. The lowest BCUT2D eigenvalue weighted by atomic mass is 10.0. The Bertz CT molecular complexity index is 2050. The Morgan fingerprint density at radius 2 is 1.78 bits per heavy atom. The van der Waals surface area contributed by atoms with E-state index in [-0.39, 0.29) is 4.90 Å². The van der Waals surface area contributed by atoms with Crippen LogP contribution in [0.4, 0.5) is 11.6 Å². The Morgan fingerprint density at radius 1 is 1.00 bits per heavy atom. The number of nitrogens with one attached hydrogen (secondary N) is 1. The largest absolute Gasteiger partial charge is 0.353 e. The highest BCUT2D eigenvalue weighted by Crippen LogP contribution is 2.37. The second-order valence-corrected chi connectivity index (χ2v) is 14.9. The van der Waals surface area contributed by atoms with Gasteiger partial charge in [0.15, 0.2) is 5.82 Å². The summed E-state index contributed by atoms with van der Waals surface area (Å²) >= 11 is 0. The fraction of sp³-hybridized carbons (Fsp3) is 0.400. The third-order valence-corrected chi connectivity index (χ3v) is 11.0. The summed E-state index contributed by atoms with van der Waals surface area (Å²) in [5, 5.41) is 9.19. The molecule has 0 radical (unpaired) electrons. The van der Waals surface area contributed by atoms with E-state index >= 15 is 0 Å². The topological polar surface area (TPSA) is 101 Å². The lowest BCUT2D eigenvalue weighted by molar-refractivity contribution is 0.480. The Labute approximate surface area is 271 Å². The second kappa shape index (κ2) is 11.5. The molecule has 46 heavy (non-hydrogen) atoms. The van der Waals surface area contributed by atoms with Crippen molar-refractivity contribution >= 4 is 32.6 Å². The zero-order valence-electron chi connectivity index (χ0n) is 27.4. The van der Waals surface area contributed by atoms with Gasteiger partial charge < -0.3 is 15.1 Å². The van der Waals surface area contributed by atoms with Crippen LogP contribution in [0.15, 0.2) is 59.6 Å². The molecule has 11 heteroatoms. The predicted octanol–water partition coefficient (Wildman–Crippen LogP) is 5.17. The van der Waals surface area contributed by atoms with Gasteiger partial charge in [0.25, 0.3) is 10.0 Å². The average molecular weight is 639 g/mol. The maximum absolute atomic E-state index is 13.8. The minimum absolute atomic E-state index is 0.263. The van der Waals surface area contributed by atoms with Crippen LogP contribution in [-0.2, 0) is 30.0 Å². The van der Waals surface area contributed by atoms with E-state index in [4.69, 9.17) is 15.1 Å². The van der Waals surface area contributed by atoms with Crippen LogP contribution in [0, 0.1) is 13.8 Å². The average Bonchev–Trinajstić information content (AvgIpc) is 3.61. The minimum atomic E-state index is -3.80. The van der Waals surface area contributed by atoms with Gasteiger partial charge in [-0.2, -0.15) is 5.10 Å². The van der Waals surface area contributed by atoms with E-state index in [0.29, 0.717) is 29.8 Å². The third-order valence-electron chi connectivity index (χ3n) is 9.30. The van der Waals surface area contributed by atoms with E-state index in [0.717, 1.165) is 83.3 Å². The van der Waals surface area contributed by atoms with Crippen LogP contribution in [0.3, 0.4) is 0 Å². The fourth-order valence-corrected chi connectivity index (χ4v) is 8.23. The lowest BCUT2D eigenvalue weighted by Gasteiger charge is -2.37. The lowest BCUT2D eigenvalue weighted by Crippen LogP contribution is -2.50. The summed E-state index contributed by atoms with van der Waals surface area (Å²) in [5.41, 5.74) is 6.63. The Morgan fingerprint density at radius 3 is 2.50 bits per heavy atom. The number of hydrogen-bond donors (Lipinski definition) is 1. The molecule has 2 aliphatic rings. The minimum Gasteiger partial charge on any atom is -0.353 e. The van der Waals surface area contributed by atoms with Crippen molar-refractivity contribution in [3.63, 3.8) is 0 Å². The Kier molecular flexibility index (Phi) is 7.64. The molecule has 5 heterocycles. The number of aryl methyl sites for hydroxylation is 3. The molecule has 7 rings (SSSR count). The molecule has 240 valence electrons. The van der Waals surface area contributed by atoms with Crippen molar-refractivity contribution in [2.45, 2.75) is 64.4 Å². The number of aromatic nitrogens is 5. The van der Waals surface area contributed by atoms with Gasteiger partial charge in [-0.25, -0.2) is 22.4 Å². The Balaban J connectivity index is 1.35. The van der Waals surface area contributed by atoms with E-state index in [1.54, 1.807) is 18.3 Å². The number of rotatable bonds is 6. The van der Waals surface area contributed by atoms with Crippen molar-refractivity contribution in [3.8, 4) is 11.4 Å². The van der Waals surface area contributed by atoms with Gasteiger partial charge in [0, 0.05) is 81.0 Å². The van der Waals surface area contributed by atoms with Gasteiger partial charge >= 0.3 is 0 Å². The standard InChI is InChI=1S/C35H42N8O2S/c1-22(2)30-18-32(40(6)39-30)41-16-14-29-28(21-41)35(42-17-15-36-25(5)20-42)38-34(37-29)27-8-7-9-31-33(27)24(4)19-43(31)46(44,45)26-12-10-23(3)11-13-26/h7-13,18-19,22,25,36H,14-17,20-21H2,1-6H3/t25-/m1/s1. The van der Waals surface area contributed by atoms with Crippen LogP contribution in [0.5, 0.6) is 0 Å². The first-order chi connectivity index (χ1) is 22.0. The molecule has 10 nitrogen and oxygen atoms in total. The van der Waals surface area contributed by atoms with Crippen LogP contribution >= 0.6 is 0 Å². The van der Waals surface area contributed by atoms with E-state index in [1.807, 2.05) is 55.9 Å². The highest BCUT2D eigenvalue weighted by Gasteiger charge is 2.30. The molecular weight excluding hydrogens is 597 g/mol. The molecule has 0 saturated carbocycles. The van der Waals surface area contributed by atoms with Gasteiger partial charge in [0.2, 0.25) is 0 Å². The molecule has 1 saturated heterocycles. The van der Waals surface area contributed by atoms with E-state index in [9.17, 15) is 8.42 Å². The SMILES string of the molecule is Cc1ccc(S(=O)(=O)n2cc(C)c3c(-c4nc5c(c(N6CCN[C@H](C)C6)n4)CN(c4cc(C(C)C)nn4C)CC5)cccc32)cc1. The summed E-state index contributed by atoms with van der Waals surface area (Å²) in [6, 6.07) is 15.3. The first kappa shape index (κ1) is 30.4. The highest BCUT2D eigenvalue weighted by atomic mass is 32.2. The summed E-state index contributed by atoms with van der Waals surface area (Å²) in [6.07, 6.45) is 2.50. The molecule has 2 aromatic carbocycles. The molecule has 1 fully saturated rings. The maximum atomic E-state index is 13.8. The molecular formula is C35H42N8O2S. The van der Waals surface area contributed by atoms with Crippen molar-refractivity contribution in [1.29, 1.82) is 0 Å². The van der Waals surface area contributed by atoms with Crippen LogP contribution in [0.2, 0.25) is 0 Å². The number of piperazine rings is 1. The van der Waals surface area contributed by atoms with Gasteiger partial charge in [-0.05, 0) is 50.5 Å². The zero-order valence-corrected chi connectivity index (χ0v) is 28.3. The first-order valence-corrected chi connectivity index (χ1v) is 17.6. The van der Waals surface area contributed by atoms with Gasteiger partial charge in [-0.15, -0.1) is 0 Å². The van der Waals surface area contributed by atoms with E-state index in [2.05, 4.69) is 42.0 Å². The predicted molar refractivity (Wildman–Crippen MR) is 183 cm³/mol. The monoisotopic (exact) mass is 638 g/mol. The third kappa shape index (κ3) is 5.25. The molecule has 0 amide bonds. The number of anilines is 2. The van der Waals surface area contributed by atoms with Crippen molar-refractivity contribution < 1.29 is 8.42 Å². The van der Waals surface area contributed by atoms with Gasteiger partial charge in [-0.3, -0.25) is 4.68 Å². The number of fused-ring (bicyclic) bond motifs is 2. The van der Waals surface area contributed by atoms with Crippen LogP contribution in [-0.4, -0.2) is 64.4 Å². The molecule has 0 unspecified atom stereocenters. The fourth-order valence-electron chi connectivity index (χ4n) is 6.81. The summed E-state index contributed by atoms with van der Waals surface area (Å²) < 4.78 is 31.0. The quantitative estimate of drug-likeness (QED) is 0.272. The molecule has 2 aliphatic heterocycles. The number of benzene rings is 2. The first-order valence-electron chi connectivity index (χ1n) is 16.1. The van der Waals surface area contributed by atoms with Crippen molar-refractivity contribution in [2.24, 2.45) is 7.05 Å². The summed E-state index contributed by atoms with van der Waals surface area (Å²) in [7, 11) is -1.78. The van der Waals surface area contributed by atoms with Gasteiger partial charge in [0.05, 0.1) is 21.8 Å².